The van der Waals surface area contributed by atoms with Gasteiger partial charge in [-0.1, -0.05) is 24.3 Å². The molecule has 1 aromatic carbocycles. The molecule has 1 amide bonds. The number of hydrogen-bond donors (Lipinski definition) is 0. The summed E-state index contributed by atoms with van der Waals surface area (Å²) >= 11 is 1.72. The van der Waals surface area contributed by atoms with Crippen LogP contribution in [0.5, 0.6) is 0 Å². The molecule has 1 aliphatic carbocycles. The minimum atomic E-state index is -0.0705. The summed E-state index contributed by atoms with van der Waals surface area (Å²) in [6.45, 7) is 9.24. The maximum Gasteiger partial charge on any atom is 0.228 e. The van der Waals surface area contributed by atoms with Gasteiger partial charge >= 0.3 is 0 Å². The topological polar surface area (TPSA) is 62.5 Å². The fourth-order valence-corrected chi connectivity index (χ4v) is 5.59. The van der Waals surface area contributed by atoms with Gasteiger partial charge in [0.2, 0.25) is 5.91 Å². The fraction of sp³-hybridized carbons (Fsp3) is 0.370. The van der Waals surface area contributed by atoms with Gasteiger partial charge in [-0.2, -0.15) is 0 Å². The standard InChI is InChI=1S/C27H30N4O2S/c1-19-23(29-26(34-19)27(3)11-5-4-6-12-27)17-25(32)31-15-13-30(14-16-31)22-9-7-21(8-10-22)24-18-28-20(2)33-24/h4-11,18H,12-17H2,1-3H3. The molecular formula is C27H30N4O2S. The van der Waals surface area contributed by atoms with Crippen LogP contribution < -0.4 is 4.90 Å². The number of allylic oxidation sites excluding steroid dienone is 4. The van der Waals surface area contributed by atoms with Crippen molar-refractivity contribution < 1.29 is 9.21 Å². The van der Waals surface area contributed by atoms with E-state index in [-0.39, 0.29) is 11.3 Å². The van der Waals surface area contributed by atoms with Crippen LogP contribution in [0.15, 0.2) is 59.2 Å². The smallest absolute Gasteiger partial charge is 0.228 e. The van der Waals surface area contributed by atoms with E-state index < -0.39 is 0 Å². The van der Waals surface area contributed by atoms with E-state index in [4.69, 9.17) is 9.40 Å². The molecule has 34 heavy (non-hydrogen) atoms. The van der Waals surface area contributed by atoms with Crippen LogP contribution in [0.4, 0.5) is 5.69 Å². The van der Waals surface area contributed by atoms with E-state index in [9.17, 15) is 4.79 Å². The first-order valence-corrected chi connectivity index (χ1v) is 12.6. The summed E-state index contributed by atoms with van der Waals surface area (Å²) in [5.41, 5.74) is 3.04. The molecule has 2 aliphatic rings. The molecule has 3 heterocycles. The Bertz CT molecular complexity index is 1230. The number of aromatic nitrogens is 2. The van der Waals surface area contributed by atoms with E-state index in [0.29, 0.717) is 12.3 Å². The van der Waals surface area contributed by atoms with Crippen molar-refractivity contribution in [1.82, 2.24) is 14.9 Å². The van der Waals surface area contributed by atoms with Gasteiger partial charge in [-0.3, -0.25) is 4.79 Å². The lowest BCUT2D eigenvalue weighted by Crippen LogP contribution is -2.49. The third kappa shape index (κ3) is 4.57. The zero-order chi connectivity index (χ0) is 23.7. The van der Waals surface area contributed by atoms with Gasteiger partial charge in [0.1, 0.15) is 5.01 Å². The second kappa shape index (κ2) is 9.22. The summed E-state index contributed by atoms with van der Waals surface area (Å²) < 4.78 is 5.61. The van der Waals surface area contributed by atoms with Gasteiger partial charge in [-0.25, -0.2) is 9.97 Å². The van der Waals surface area contributed by atoms with Crippen LogP contribution >= 0.6 is 11.3 Å². The number of rotatable bonds is 5. The first kappa shape index (κ1) is 22.6. The lowest BCUT2D eigenvalue weighted by atomic mass is 9.84. The van der Waals surface area contributed by atoms with Gasteiger partial charge in [0, 0.05) is 54.6 Å². The van der Waals surface area contributed by atoms with Gasteiger partial charge < -0.3 is 14.2 Å². The number of anilines is 1. The third-order valence-electron chi connectivity index (χ3n) is 6.72. The first-order chi connectivity index (χ1) is 16.4. The maximum atomic E-state index is 13.1. The number of nitrogens with zero attached hydrogens (tertiary/aromatic N) is 4. The third-order valence-corrected chi connectivity index (χ3v) is 8.02. The molecule has 1 unspecified atom stereocenters. The van der Waals surface area contributed by atoms with Gasteiger partial charge in [0.25, 0.3) is 0 Å². The van der Waals surface area contributed by atoms with E-state index in [2.05, 4.69) is 72.3 Å². The fourth-order valence-electron chi connectivity index (χ4n) is 4.52. The second-order valence-electron chi connectivity index (χ2n) is 9.27. The molecule has 1 fully saturated rings. The molecule has 2 aromatic heterocycles. The van der Waals surface area contributed by atoms with Crippen LogP contribution in [-0.4, -0.2) is 47.0 Å². The number of benzene rings is 1. The molecule has 1 aliphatic heterocycles. The Morgan fingerprint density at radius 2 is 1.88 bits per heavy atom. The summed E-state index contributed by atoms with van der Waals surface area (Å²) in [6.07, 6.45) is 11.7. The zero-order valence-electron chi connectivity index (χ0n) is 20.0. The highest BCUT2D eigenvalue weighted by molar-refractivity contribution is 7.11. The number of amides is 1. The molecule has 176 valence electrons. The van der Waals surface area contributed by atoms with Crippen molar-refractivity contribution in [1.29, 1.82) is 0 Å². The van der Waals surface area contributed by atoms with Crippen LogP contribution in [0.25, 0.3) is 11.3 Å². The van der Waals surface area contributed by atoms with Gasteiger partial charge in [0.15, 0.2) is 11.7 Å². The van der Waals surface area contributed by atoms with Crippen molar-refractivity contribution in [3.63, 3.8) is 0 Å². The molecular weight excluding hydrogens is 444 g/mol. The molecule has 0 spiro atoms. The molecule has 0 N–H and O–H groups in total. The minimum absolute atomic E-state index is 0.0705. The van der Waals surface area contributed by atoms with Crippen molar-refractivity contribution in [2.24, 2.45) is 0 Å². The van der Waals surface area contributed by atoms with Gasteiger partial charge in [0.05, 0.1) is 18.3 Å². The number of hydrogen-bond acceptors (Lipinski definition) is 6. The second-order valence-corrected chi connectivity index (χ2v) is 10.5. The van der Waals surface area contributed by atoms with Crippen molar-refractivity contribution in [2.75, 3.05) is 31.1 Å². The van der Waals surface area contributed by atoms with E-state index in [1.807, 2.05) is 11.8 Å². The Morgan fingerprint density at radius 3 is 2.53 bits per heavy atom. The molecule has 0 saturated carbocycles. The molecule has 1 atom stereocenters. The Morgan fingerprint density at radius 1 is 1.12 bits per heavy atom. The number of thiazole rings is 1. The first-order valence-electron chi connectivity index (χ1n) is 11.8. The van der Waals surface area contributed by atoms with E-state index >= 15 is 0 Å². The monoisotopic (exact) mass is 474 g/mol. The average molecular weight is 475 g/mol. The number of aryl methyl sites for hydroxylation is 2. The zero-order valence-corrected chi connectivity index (χ0v) is 20.8. The molecule has 7 heteroatoms. The van der Waals surface area contributed by atoms with Gasteiger partial charge in [-0.15, -0.1) is 11.3 Å². The Kier molecular flexibility index (Phi) is 6.13. The SMILES string of the molecule is Cc1ncc(-c2ccc(N3CCN(C(=O)Cc4nc(C5(C)C=CC=CC5)sc4C)CC3)cc2)o1. The molecule has 0 bridgehead atoms. The van der Waals surface area contributed by atoms with Gasteiger partial charge in [-0.05, 0) is 44.5 Å². The van der Waals surface area contributed by atoms with Crippen LogP contribution in [0, 0.1) is 13.8 Å². The molecule has 5 rings (SSSR count). The lowest BCUT2D eigenvalue weighted by molar-refractivity contribution is -0.130. The Hall–Kier alpha value is -3.19. The molecule has 0 radical (unpaired) electrons. The van der Waals surface area contributed by atoms with Crippen molar-refractivity contribution in [2.45, 2.75) is 39.0 Å². The lowest BCUT2D eigenvalue weighted by Gasteiger charge is -2.36. The van der Waals surface area contributed by atoms with Crippen molar-refractivity contribution in [3.05, 3.63) is 76.2 Å². The molecule has 3 aromatic rings. The van der Waals surface area contributed by atoms with Crippen molar-refractivity contribution >= 4 is 22.9 Å². The number of piperazine rings is 1. The minimum Gasteiger partial charge on any atom is -0.441 e. The highest BCUT2D eigenvalue weighted by Crippen LogP contribution is 2.36. The highest BCUT2D eigenvalue weighted by atomic mass is 32.1. The predicted octanol–water partition coefficient (Wildman–Crippen LogP) is 5.08. The highest BCUT2D eigenvalue weighted by Gasteiger charge is 2.29. The Labute approximate surface area is 204 Å². The summed E-state index contributed by atoms with van der Waals surface area (Å²) in [6, 6.07) is 8.35. The number of oxazole rings is 1. The maximum absolute atomic E-state index is 13.1. The summed E-state index contributed by atoms with van der Waals surface area (Å²) in [4.78, 5) is 27.6. The quantitative estimate of drug-likeness (QED) is 0.516. The summed E-state index contributed by atoms with van der Waals surface area (Å²) in [5.74, 6) is 1.62. The van der Waals surface area contributed by atoms with Crippen molar-refractivity contribution in [3.8, 4) is 11.3 Å². The largest absolute Gasteiger partial charge is 0.441 e. The molecule has 1 saturated heterocycles. The van der Waals surface area contributed by atoms with E-state index in [1.54, 1.807) is 17.5 Å². The van der Waals surface area contributed by atoms with Crippen LogP contribution in [0.2, 0.25) is 0 Å². The molecule has 6 nitrogen and oxygen atoms in total. The predicted molar refractivity (Wildman–Crippen MR) is 136 cm³/mol. The summed E-state index contributed by atoms with van der Waals surface area (Å²) in [5, 5.41) is 1.10. The normalized spacial score (nSPS) is 20.2. The number of carbonyl (C=O) groups excluding carboxylic acids is 1. The van der Waals surface area contributed by atoms with E-state index in [1.165, 1.54) is 0 Å². The summed E-state index contributed by atoms with van der Waals surface area (Å²) in [7, 11) is 0. The average Bonchev–Trinajstić information content (AvgIpc) is 3.46. The van der Waals surface area contributed by atoms with Crippen LogP contribution in [0.3, 0.4) is 0 Å². The Balaban J connectivity index is 1.18. The number of carbonyl (C=O) groups is 1. The van der Waals surface area contributed by atoms with Crippen LogP contribution in [-0.2, 0) is 16.6 Å². The van der Waals surface area contributed by atoms with Crippen LogP contribution in [0.1, 0.15) is 34.8 Å². The van der Waals surface area contributed by atoms with E-state index in [0.717, 1.165) is 65.2 Å².